The Morgan fingerprint density at radius 1 is 1.35 bits per heavy atom. The van der Waals surface area contributed by atoms with Crippen molar-refractivity contribution in [3.8, 4) is 0 Å². The summed E-state index contributed by atoms with van der Waals surface area (Å²) in [6.07, 6.45) is 1.33. The summed E-state index contributed by atoms with van der Waals surface area (Å²) in [6, 6.07) is 0. The quantitative estimate of drug-likeness (QED) is 0.746. The van der Waals surface area contributed by atoms with Gasteiger partial charge in [0, 0.05) is 19.4 Å². The van der Waals surface area contributed by atoms with Gasteiger partial charge in [0.05, 0.1) is 6.42 Å². The van der Waals surface area contributed by atoms with Crippen LogP contribution in [-0.2, 0) is 17.6 Å². The molecule has 0 aliphatic carbocycles. The van der Waals surface area contributed by atoms with Crippen LogP contribution in [0.5, 0.6) is 0 Å². The number of aliphatic carboxylic acids is 1. The Balaban J connectivity index is 2.52. The highest BCUT2D eigenvalue weighted by atomic mass is 16.5. The van der Waals surface area contributed by atoms with Crippen LogP contribution in [-0.4, -0.2) is 45.8 Å². The fourth-order valence-corrected chi connectivity index (χ4v) is 2.14. The Kier molecular flexibility index (Phi) is 6.13. The maximum atomic E-state index is 10.8. The van der Waals surface area contributed by atoms with Gasteiger partial charge < -0.3 is 14.5 Å². The monoisotopic (exact) mass is 283 g/mol. The molecule has 1 rings (SSSR count). The van der Waals surface area contributed by atoms with E-state index in [1.165, 1.54) is 0 Å². The normalized spacial score (nSPS) is 12.1. The molecule has 20 heavy (non-hydrogen) atoms. The van der Waals surface area contributed by atoms with E-state index < -0.39 is 5.97 Å². The number of rotatable bonds is 9. The average Bonchev–Trinajstić information content (AvgIpc) is 2.75. The molecule has 1 aromatic rings. The summed E-state index contributed by atoms with van der Waals surface area (Å²) in [6.45, 7) is 10.9. The Bertz CT molecular complexity index is 425. The van der Waals surface area contributed by atoms with Gasteiger partial charge in [-0.05, 0) is 18.5 Å². The first-order valence-corrected chi connectivity index (χ1v) is 7.12. The maximum Gasteiger partial charge on any atom is 0.303 e. The number of aromatic nitrogens is 2. The molecule has 114 valence electrons. The van der Waals surface area contributed by atoms with Crippen molar-refractivity contribution in [2.75, 3.05) is 19.6 Å². The third-order valence-corrected chi connectivity index (χ3v) is 3.32. The van der Waals surface area contributed by atoms with E-state index in [2.05, 4.69) is 28.9 Å². The molecule has 0 aromatic carbocycles. The zero-order valence-electron chi connectivity index (χ0n) is 12.8. The van der Waals surface area contributed by atoms with Crippen molar-refractivity contribution in [3.63, 3.8) is 0 Å². The van der Waals surface area contributed by atoms with Gasteiger partial charge in [-0.3, -0.25) is 4.79 Å². The summed E-state index contributed by atoms with van der Waals surface area (Å²) < 4.78 is 5.21. The molecule has 1 N–H and O–H groups in total. The van der Waals surface area contributed by atoms with Gasteiger partial charge in [0.1, 0.15) is 0 Å². The molecule has 0 aliphatic rings. The lowest BCUT2D eigenvalue weighted by molar-refractivity contribution is -0.139. The van der Waals surface area contributed by atoms with Crippen molar-refractivity contribution in [1.29, 1.82) is 0 Å². The van der Waals surface area contributed by atoms with Gasteiger partial charge in [-0.25, -0.2) is 0 Å². The second-order valence-electron chi connectivity index (χ2n) is 5.79. The van der Waals surface area contributed by atoms with Crippen molar-refractivity contribution >= 4 is 5.97 Å². The molecule has 0 amide bonds. The van der Waals surface area contributed by atoms with E-state index in [1.807, 2.05) is 13.8 Å². The first-order chi connectivity index (χ1) is 9.36. The van der Waals surface area contributed by atoms with Crippen LogP contribution in [0.25, 0.3) is 0 Å². The third kappa shape index (κ3) is 5.69. The molecule has 1 aromatic heterocycles. The maximum absolute atomic E-state index is 10.8. The van der Waals surface area contributed by atoms with E-state index in [0.717, 1.165) is 26.1 Å². The zero-order chi connectivity index (χ0) is 15.2. The predicted octanol–water partition coefficient (Wildman–Crippen LogP) is 2.00. The van der Waals surface area contributed by atoms with Crippen molar-refractivity contribution in [3.05, 3.63) is 11.7 Å². The lowest BCUT2D eigenvalue weighted by Gasteiger charge is -2.19. The largest absolute Gasteiger partial charge is 0.481 e. The molecule has 0 saturated heterocycles. The highest BCUT2D eigenvalue weighted by Crippen LogP contribution is 2.25. The molecule has 0 fully saturated rings. The van der Waals surface area contributed by atoms with Crippen LogP contribution in [0.3, 0.4) is 0 Å². The van der Waals surface area contributed by atoms with E-state index in [4.69, 9.17) is 9.63 Å². The molecule has 0 atom stereocenters. The van der Waals surface area contributed by atoms with E-state index in [1.54, 1.807) is 0 Å². The van der Waals surface area contributed by atoms with Crippen molar-refractivity contribution in [2.24, 2.45) is 5.41 Å². The number of likely N-dealkylation sites (N-methyl/N-ethyl adjacent to an activating group) is 1. The fourth-order valence-electron chi connectivity index (χ4n) is 2.14. The van der Waals surface area contributed by atoms with Gasteiger partial charge in [0.15, 0.2) is 5.82 Å². The van der Waals surface area contributed by atoms with Crippen LogP contribution in [0.4, 0.5) is 0 Å². The SMILES string of the molecule is CCN(CC)CCc1noc(CC(C)(C)CC(=O)O)n1. The lowest BCUT2D eigenvalue weighted by Crippen LogP contribution is -2.25. The Morgan fingerprint density at radius 3 is 2.55 bits per heavy atom. The second-order valence-corrected chi connectivity index (χ2v) is 5.79. The minimum absolute atomic E-state index is 0.0875. The second kappa shape index (κ2) is 7.38. The number of carbonyl (C=O) groups is 1. The molecular weight excluding hydrogens is 258 g/mol. The number of carboxylic acid groups (broad SMARTS) is 1. The zero-order valence-corrected chi connectivity index (χ0v) is 12.8. The van der Waals surface area contributed by atoms with E-state index >= 15 is 0 Å². The van der Waals surface area contributed by atoms with Gasteiger partial charge in [0.25, 0.3) is 0 Å². The number of hydrogen-bond acceptors (Lipinski definition) is 5. The molecule has 1 heterocycles. The topological polar surface area (TPSA) is 79.5 Å². The van der Waals surface area contributed by atoms with Crippen molar-refractivity contribution < 1.29 is 14.4 Å². The minimum atomic E-state index is -0.809. The molecule has 0 radical (unpaired) electrons. The summed E-state index contributed by atoms with van der Waals surface area (Å²) in [5.41, 5.74) is -0.380. The molecule has 0 bridgehead atoms. The summed E-state index contributed by atoms with van der Waals surface area (Å²) >= 11 is 0. The first-order valence-electron chi connectivity index (χ1n) is 7.12. The number of carboxylic acids is 1. The molecule has 6 heteroatoms. The van der Waals surface area contributed by atoms with Crippen molar-refractivity contribution in [1.82, 2.24) is 15.0 Å². The lowest BCUT2D eigenvalue weighted by atomic mass is 9.86. The molecule has 0 unspecified atom stereocenters. The third-order valence-electron chi connectivity index (χ3n) is 3.32. The van der Waals surface area contributed by atoms with Crippen LogP contribution in [0.15, 0.2) is 4.52 Å². The van der Waals surface area contributed by atoms with E-state index in [-0.39, 0.29) is 11.8 Å². The van der Waals surface area contributed by atoms with Crippen molar-refractivity contribution in [2.45, 2.75) is 47.0 Å². The average molecular weight is 283 g/mol. The highest BCUT2D eigenvalue weighted by Gasteiger charge is 2.25. The standard InChI is InChI=1S/C14H25N3O3/c1-5-17(6-2)8-7-11-15-12(20-16-11)9-14(3,4)10-13(18)19/h5-10H2,1-4H3,(H,18,19). The Morgan fingerprint density at radius 2 is 2.00 bits per heavy atom. The molecule has 6 nitrogen and oxygen atoms in total. The van der Waals surface area contributed by atoms with Crippen LogP contribution < -0.4 is 0 Å². The fraction of sp³-hybridized carbons (Fsp3) is 0.786. The summed E-state index contributed by atoms with van der Waals surface area (Å²) in [4.78, 5) is 17.4. The van der Waals surface area contributed by atoms with Gasteiger partial charge in [-0.1, -0.05) is 32.9 Å². The van der Waals surface area contributed by atoms with Crippen LogP contribution in [0, 0.1) is 5.41 Å². The Hall–Kier alpha value is -1.43. The van der Waals surface area contributed by atoms with Gasteiger partial charge >= 0.3 is 5.97 Å². The van der Waals surface area contributed by atoms with Crippen LogP contribution in [0.2, 0.25) is 0 Å². The van der Waals surface area contributed by atoms with Gasteiger partial charge in [0.2, 0.25) is 5.89 Å². The first kappa shape index (κ1) is 16.6. The van der Waals surface area contributed by atoms with Crippen LogP contribution >= 0.6 is 0 Å². The summed E-state index contributed by atoms with van der Waals surface area (Å²) in [5.74, 6) is 0.403. The van der Waals surface area contributed by atoms with Gasteiger partial charge in [-0.2, -0.15) is 4.98 Å². The van der Waals surface area contributed by atoms with E-state index in [9.17, 15) is 4.79 Å². The Labute approximate surface area is 120 Å². The molecular formula is C14H25N3O3. The highest BCUT2D eigenvalue weighted by molar-refractivity contribution is 5.67. The van der Waals surface area contributed by atoms with Gasteiger partial charge in [-0.15, -0.1) is 0 Å². The smallest absolute Gasteiger partial charge is 0.303 e. The number of hydrogen-bond donors (Lipinski definition) is 1. The van der Waals surface area contributed by atoms with Crippen LogP contribution in [0.1, 0.15) is 45.8 Å². The molecule has 0 saturated carbocycles. The molecule has 0 spiro atoms. The predicted molar refractivity (Wildman–Crippen MR) is 75.5 cm³/mol. The number of nitrogens with zero attached hydrogens (tertiary/aromatic N) is 3. The summed E-state index contributed by atoms with van der Waals surface area (Å²) in [7, 11) is 0. The summed E-state index contributed by atoms with van der Waals surface area (Å²) in [5, 5.41) is 12.8. The van der Waals surface area contributed by atoms with E-state index in [0.29, 0.717) is 18.1 Å². The molecule has 0 aliphatic heterocycles. The minimum Gasteiger partial charge on any atom is -0.481 e.